The Kier molecular flexibility index (Phi) is 2.44. The minimum absolute atomic E-state index is 0.152. The van der Waals surface area contributed by atoms with Crippen LogP contribution in [0.2, 0.25) is 0 Å². The summed E-state index contributed by atoms with van der Waals surface area (Å²) in [4.78, 5) is 2.01. The summed E-state index contributed by atoms with van der Waals surface area (Å²) in [6.07, 6.45) is 0.152. The minimum atomic E-state index is 0.152. The molecule has 1 fully saturated rings. The van der Waals surface area contributed by atoms with Crippen molar-refractivity contribution in [1.82, 2.24) is 4.90 Å². The van der Waals surface area contributed by atoms with Gasteiger partial charge in [-0.15, -0.1) is 0 Å². The summed E-state index contributed by atoms with van der Waals surface area (Å²) >= 11 is 1.82. The molecule has 2 unspecified atom stereocenters. The molecular weight excluding hydrogens is 131 g/mol. The van der Waals surface area contributed by atoms with Crippen LogP contribution in [0, 0.1) is 0 Å². The van der Waals surface area contributed by atoms with Gasteiger partial charge in [-0.25, -0.2) is 0 Å². The predicted octanol–water partition coefficient (Wildman–Crippen LogP) is -0.556. The maximum Gasteiger partial charge on any atom is 0.0922 e. The Balaban J connectivity index is 2.41. The largest absolute Gasteiger partial charge is 0.315 e. The van der Waals surface area contributed by atoms with Gasteiger partial charge in [-0.1, -0.05) is 0 Å². The van der Waals surface area contributed by atoms with Crippen molar-refractivity contribution in [2.24, 2.45) is 5.73 Å². The summed E-state index contributed by atoms with van der Waals surface area (Å²) < 4.78 is 0. The number of nitrogens with two attached hydrogens (primary N) is 1. The van der Waals surface area contributed by atoms with Gasteiger partial charge in [0.1, 0.15) is 0 Å². The number of thioether (sulfide) groups is 1. The normalized spacial score (nSPS) is 38.9. The van der Waals surface area contributed by atoms with Crippen LogP contribution >= 0.6 is 11.8 Å². The molecule has 0 spiro atoms. The Labute approximate surface area is 61.6 Å². The molecule has 2 nitrogen and oxygen atoms in total. The average molecular weight is 142 g/mol. The monoisotopic (exact) mass is 142 g/mol. The van der Waals surface area contributed by atoms with Gasteiger partial charge >= 0.3 is 0 Å². The van der Waals surface area contributed by atoms with Crippen LogP contribution < -0.4 is 5.73 Å². The van der Waals surface area contributed by atoms with Crippen LogP contribution in [0.15, 0.2) is 0 Å². The van der Waals surface area contributed by atoms with Crippen LogP contribution in [0.5, 0.6) is 0 Å². The molecule has 0 aromatic rings. The quantitative estimate of drug-likeness (QED) is 0.460. The van der Waals surface area contributed by atoms with Gasteiger partial charge in [-0.05, 0) is 13.0 Å². The van der Waals surface area contributed by atoms with Crippen molar-refractivity contribution in [3.8, 4) is 0 Å². The third-order valence-corrected chi connectivity index (χ3v) is 2.78. The van der Waals surface area contributed by atoms with E-state index >= 15 is 0 Å². The number of hydrogen-bond donors (Lipinski definition) is 1. The zero-order valence-electron chi connectivity index (χ0n) is 5.58. The highest BCUT2D eigenvalue weighted by atomic mass is 32.2. The average Bonchev–Trinajstić information content (AvgIpc) is 1.83. The lowest BCUT2D eigenvalue weighted by Gasteiger charge is -2.35. The molecule has 2 radical (unpaired) electrons. The van der Waals surface area contributed by atoms with Crippen LogP contribution in [0.25, 0.3) is 0 Å². The van der Waals surface area contributed by atoms with E-state index in [9.17, 15) is 0 Å². The summed E-state index contributed by atoms with van der Waals surface area (Å²) in [5.41, 5.74) is 5.69. The van der Waals surface area contributed by atoms with Crippen molar-refractivity contribution in [2.75, 3.05) is 18.6 Å². The molecule has 50 valence electrons. The van der Waals surface area contributed by atoms with E-state index in [1.807, 2.05) is 23.7 Å². The van der Waals surface area contributed by atoms with Crippen molar-refractivity contribution < 1.29 is 0 Å². The lowest BCUT2D eigenvalue weighted by Crippen LogP contribution is -2.51. The molecular formula is C5H11BN2S. The van der Waals surface area contributed by atoms with Crippen molar-refractivity contribution in [3.63, 3.8) is 0 Å². The first-order valence-electron chi connectivity index (χ1n) is 3.02. The molecule has 0 aromatic carbocycles. The fourth-order valence-electron chi connectivity index (χ4n) is 0.791. The maximum absolute atomic E-state index is 5.69. The fraction of sp³-hybridized carbons (Fsp3) is 1.00. The first-order chi connectivity index (χ1) is 4.22. The van der Waals surface area contributed by atoms with Gasteiger partial charge in [0, 0.05) is 11.5 Å². The molecule has 1 saturated heterocycles. The SMILES string of the molecule is [B]C1CSCC(N)N1C. The molecule has 1 heterocycles. The highest BCUT2D eigenvalue weighted by Crippen LogP contribution is 2.14. The minimum Gasteiger partial charge on any atom is -0.315 e. The number of hydrogen-bond acceptors (Lipinski definition) is 3. The molecule has 1 aliphatic rings. The summed E-state index contributed by atoms with van der Waals surface area (Å²) in [5, 5.41) is 0. The molecule has 0 aliphatic carbocycles. The van der Waals surface area contributed by atoms with Crippen molar-refractivity contribution in [3.05, 3.63) is 0 Å². The van der Waals surface area contributed by atoms with Gasteiger partial charge in [0.05, 0.1) is 14.0 Å². The van der Waals surface area contributed by atoms with Crippen molar-refractivity contribution in [2.45, 2.75) is 12.1 Å². The Morgan fingerprint density at radius 2 is 2.33 bits per heavy atom. The van der Waals surface area contributed by atoms with Crippen LogP contribution in [-0.4, -0.2) is 43.4 Å². The Morgan fingerprint density at radius 1 is 1.67 bits per heavy atom. The number of nitrogens with zero attached hydrogens (tertiary/aromatic N) is 1. The van der Waals surface area contributed by atoms with Gasteiger partial charge in [0.25, 0.3) is 0 Å². The summed E-state index contributed by atoms with van der Waals surface area (Å²) in [6, 6.07) is 0. The molecule has 0 amide bonds. The zero-order valence-corrected chi connectivity index (χ0v) is 6.40. The first-order valence-corrected chi connectivity index (χ1v) is 4.18. The van der Waals surface area contributed by atoms with E-state index in [1.54, 1.807) is 0 Å². The van der Waals surface area contributed by atoms with Gasteiger partial charge in [-0.2, -0.15) is 11.8 Å². The van der Waals surface area contributed by atoms with Crippen molar-refractivity contribution in [1.29, 1.82) is 0 Å². The lowest BCUT2D eigenvalue weighted by atomic mass is 9.97. The van der Waals surface area contributed by atoms with E-state index in [2.05, 4.69) is 0 Å². The van der Waals surface area contributed by atoms with E-state index in [1.165, 1.54) is 0 Å². The molecule has 4 heteroatoms. The molecule has 2 atom stereocenters. The van der Waals surface area contributed by atoms with E-state index in [0.717, 1.165) is 11.5 Å². The van der Waals surface area contributed by atoms with E-state index in [4.69, 9.17) is 13.6 Å². The van der Waals surface area contributed by atoms with Crippen LogP contribution in [0.4, 0.5) is 0 Å². The van der Waals surface area contributed by atoms with Crippen LogP contribution in [0.1, 0.15) is 0 Å². The van der Waals surface area contributed by atoms with E-state index in [0.29, 0.717) is 0 Å². The smallest absolute Gasteiger partial charge is 0.0922 e. The maximum atomic E-state index is 5.69. The highest BCUT2D eigenvalue weighted by molar-refractivity contribution is 7.99. The zero-order chi connectivity index (χ0) is 6.85. The van der Waals surface area contributed by atoms with Gasteiger partial charge < -0.3 is 5.73 Å². The molecule has 0 aromatic heterocycles. The molecule has 0 bridgehead atoms. The first kappa shape index (κ1) is 7.44. The van der Waals surface area contributed by atoms with Crippen LogP contribution in [0.3, 0.4) is 0 Å². The van der Waals surface area contributed by atoms with Gasteiger partial charge in [0.15, 0.2) is 0 Å². The second kappa shape index (κ2) is 2.95. The Hall–Kier alpha value is 0.335. The molecule has 2 N–H and O–H groups in total. The number of rotatable bonds is 0. The standard InChI is InChI=1S/C5H11BN2S/c1-8-4(6)2-9-3-5(8)7/h4-5H,2-3,7H2,1H3. The molecule has 0 saturated carbocycles. The predicted molar refractivity (Wildman–Crippen MR) is 42.6 cm³/mol. The van der Waals surface area contributed by atoms with Gasteiger partial charge in [-0.3, -0.25) is 4.90 Å². The van der Waals surface area contributed by atoms with Crippen molar-refractivity contribution >= 4 is 19.6 Å². The summed E-state index contributed by atoms with van der Waals surface area (Å²) in [5.74, 6) is 2.16. The Bertz CT molecular complexity index is 91.0. The Morgan fingerprint density at radius 3 is 2.78 bits per heavy atom. The van der Waals surface area contributed by atoms with Gasteiger partial charge in [0.2, 0.25) is 0 Å². The third-order valence-electron chi connectivity index (χ3n) is 1.62. The molecule has 1 aliphatic heterocycles. The summed E-state index contributed by atoms with van der Waals surface area (Å²) in [6.45, 7) is 0. The second-order valence-corrected chi connectivity index (χ2v) is 3.41. The topological polar surface area (TPSA) is 29.3 Å². The molecule has 9 heavy (non-hydrogen) atoms. The van der Waals surface area contributed by atoms with Crippen LogP contribution in [-0.2, 0) is 0 Å². The van der Waals surface area contributed by atoms with E-state index in [-0.39, 0.29) is 12.1 Å². The van der Waals surface area contributed by atoms with E-state index < -0.39 is 0 Å². The third kappa shape index (κ3) is 1.63. The highest BCUT2D eigenvalue weighted by Gasteiger charge is 2.20. The molecule has 1 rings (SSSR count). The fourth-order valence-corrected chi connectivity index (χ4v) is 1.88. The lowest BCUT2D eigenvalue weighted by molar-refractivity contribution is 0.250. The second-order valence-electron chi connectivity index (χ2n) is 2.34. The summed E-state index contributed by atoms with van der Waals surface area (Å²) in [7, 11) is 7.66.